The fourth-order valence-electron chi connectivity index (χ4n) is 2.95. The van der Waals surface area contributed by atoms with Gasteiger partial charge in [0.25, 0.3) is 0 Å². The summed E-state index contributed by atoms with van der Waals surface area (Å²) >= 11 is 0. The van der Waals surface area contributed by atoms with Gasteiger partial charge < -0.3 is 0 Å². The lowest BCUT2D eigenvalue weighted by molar-refractivity contribution is 0.859. The maximum absolute atomic E-state index is 4.47. The smallest absolute Gasteiger partial charge is 0.0702 e. The Kier molecular flexibility index (Phi) is 8.90. The summed E-state index contributed by atoms with van der Waals surface area (Å²) < 4.78 is 0. The Bertz CT molecular complexity index is 1050. The van der Waals surface area contributed by atoms with Gasteiger partial charge in [0.2, 0.25) is 0 Å². The number of pyridine rings is 2. The van der Waals surface area contributed by atoms with E-state index in [1.54, 1.807) is 0 Å². The summed E-state index contributed by atoms with van der Waals surface area (Å²) in [6, 6.07) is 28.7. The standard InChI is InChI=1S/C14H15N.C14H13N.CH4/c2*1-11(2)13-8-9-14(15-10-13)12-6-4-3-5-7-12;/h3-11H,1-2H3;3-10H,1H2,2H3;1H4. The molecule has 0 saturated carbocycles. The van der Waals surface area contributed by atoms with Crippen LogP contribution in [-0.2, 0) is 0 Å². The summed E-state index contributed by atoms with van der Waals surface area (Å²) in [5, 5.41) is 0. The van der Waals surface area contributed by atoms with Crippen LogP contribution < -0.4 is 0 Å². The number of nitrogens with zero attached hydrogens (tertiary/aromatic N) is 2. The van der Waals surface area contributed by atoms with Gasteiger partial charge in [0.1, 0.15) is 0 Å². The average Bonchev–Trinajstić information content (AvgIpc) is 2.81. The molecule has 2 heteroatoms. The van der Waals surface area contributed by atoms with Gasteiger partial charge in [-0.25, -0.2) is 0 Å². The number of hydrogen-bond donors (Lipinski definition) is 0. The Balaban J connectivity index is 0.000000213. The lowest BCUT2D eigenvalue weighted by Gasteiger charge is -2.05. The molecule has 2 aromatic heterocycles. The molecule has 0 bridgehead atoms. The molecular formula is C29H32N2. The first-order chi connectivity index (χ1) is 14.5. The summed E-state index contributed by atoms with van der Waals surface area (Å²) in [6.07, 6.45) is 3.83. The van der Waals surface area contributed by atoms with Crippen LogP contribution in [0.15, 0.2) is 104 Å². The third kappa shape index (κ3) is 6.75. The van der Waals surface area contributed by atoms with Gasteiger partial charge in [0, 0.05) is 23.5 Å². The molecule has 2 heterocycles. The molecule has 0 unspecified atom stereocenters. The minimum absolute atomic E-state index is 0. The molecule has 0 saturated heterocycles. The summed E-state index contributed by atoms with van der Waals surface area (Å²) in [5.74, 6) is 0.544. The monoisotopic (exact) mass is 408 g/mol. The molecule has 0 amide bonds. The summed E-state index contributed by atoms with van der Waals surface area (Å²) in [6.45, 7) is 10.2. The normalized spacial score (nSPS) is 9.94. The van der Waals surface area contributed by atoms with E-state index in [1.807, 2.05) is 61.8 Å². The maximum Gasteiger partial charge on any atom is 0.0702 e. The first-order valence-electron chi connectivity index (χ1n) is 10.2. The number of allylic oxidation sites excluding steroid dienone is 1. The SMILES string of the molecule is C.C=C(C)c1ccc(-c2ccccc2)nc1.CC(C)c1ccc(-c2ccccc2)nc1. The van der Waals surface area contributed by atoms with Gasteiger partial charge in [-0.3, -0.25) is 9.97 Å². The Morgan fingerprint density at radius 3 is 1.52 bits per heavy atom. The van der Waals surface area contributed by atoms with Crippen LogP contribution in [0.5, 0.6) is 0 Å². The van der Waals surface area contributed by atoms with E-state index < -0.39 is 0 Å². The molecule has 4 aromatic rings. The highest BCUT2D eigenvalue weighted by molar-refractivity contribution is 5.64. The number of aromatic nitrogens is 2. The third-order valence-corrected chi connectivity index (χ3v) is 4.85. The zero-order valence-electron chi connectivity index (χ0n) is 17.9. The van der Waals surface area contributed by atoms with Gasteiger partial charge in [-0.05, 0) is 41.7 Å². The van der Waals surface area contributed by atoms with E-state index in [0.717, 1.165) is 28.1 Å². The summed E-state index contributed by atoms with van der Waals surface area (Å²) in [4.78, 5) is 8.88. The quantitative estimate of drug-likeness (QED) is 0.339. The molecule has 0 N–H and O–H groups in total. The second-order valence-corrected chi connectivity index (χ2v) is 7.58. The van der Waals surface area contributed by atoms with Crippen LogP contribution in [0.25, 0.3) is 28.1 Å². The summed E-state index contributed by atoms with van der Waals surface area (Å²) in [7, 11) is 0. The van der Waals surface area contributed by atoms with Crippen molar-refractivity contribution in [3.05, 3.63) is 115 Å². The van der Waals surface area contributed by atoms with Gasteiger partial charge >= 0.3 is 0 Å². The number of rotatable bonds is 4. The van der Waals surface area contributed by atoms with Crippen molar-refractivity contribution >= 4 is 5.57 Å². The van der Waals surface area contributed by atoms with E-state index in [2.05, 4.69) is 72.9 Å². The maximum atomic E-state index is 4.47. The van der Waals surface area contributed by atoms with Crippen LogP contribution >= 0.6 is 0 Å². The Morgan fingerprint density at radius 1 is 0.677 bits per heavy atom. The third-order valence-electron chi connectivity index (χ3n) is 4.85. The van der Waals surface area contributed by atoms with Crippen molar-refractivity contribution in [1.29, 1.82) is 0 Å². The van der Waals surface area contributed by atoms with Crippen LogP contribution in [-0.4, -0.2) is 9.97 Å². The predicted molar refractivity (Wildman–Crippen MR) is 135 cm³/mol. The van der Waals surface area contributed by atoms with Crippen molar-refractivity contribution in [3.63, 3.8) is 0 Å². The van der Waals surface area contributed by atoms with Crippen molar-refractivity contribution in [2.24, 2.45) is 0 Å². The van der Waals surface area contributed by atoms with Crippen LogP contribution in [0.1, 0.15) is 45.2 Å². The average molecular weight is 409 g/mol. The molecule has 2 nitrogen and oxygen atoms in total. The van der Waals surface area contributed by atoms with Gasteiger partial charge in [-0.2, -0.15) is 0 Å². The van der Waals surface area contributed by atoms with Crippen molar-refractivity contribution in [2.75, 3.05) is 0 Å². The molecule has 4 rings (SSSR count). The van der Waals surface area contributed by atoms with Crippen molar-refractivity contribution in [2.45, 2.75) is 34.1 Å². The molecule has 158 valence electrons. The molecule has 0 aliphatic carbocycles. The predicted octanol–water partition coefficient (Wildman–Crippen LogP) is 8.29. The van der Waals surface area contributed by atoms with E-state index in [-0.39, 0.29) is 7.43 Å². The minimum Gasteiger partial charge on any atom is -0.256 e. The van der Waals surface area contributed by atoms with E-state index in [0.29, 0.717) is 5.92 Å². The fraction of sp³-hybridized carbons (Fsp3) is 0.172. The van der Waals surface area contributed by atoms with E-state index in [9.17, 15) is 0 Å². The zero-order chi connectivity index (χ0) is 21.3. The fourth-order valence-corrected chi connectivity index (χ4v) is 2.95. The van der Waals surface area contributed by atoms with E-state index in [1.165, 1.54) is 11.1 Å². The van der Waals surface area contributed by atoms with Gasteiger partial charge in [0.15, 0.2) is 0 Å². The molecule has 0 atom stereocenters. The van der Waals surface area contributed by atoms with Gasteiger partial charge in [0.05, 0.1) is 11.4 Å². The second kappa shape index (κ2) is 11.6. The van der Waals surface area contributed by atoms with Crippen molar-refractivity contribution < 1.29 is 0 Å². The molecule has 2 aromatic carbocycles. The highest BCUT2D eigenvalue weighted by Crippen LogP contribution is 2.20. The number of hydrogen-bond acceptors (Lipinski definition) is 2. The van der Waals surface area contributed by atoms with Gasteiger partial charge in [-0.1, -0.05) is 101 Å². The molecule has 0 aliphatic heterocycles. The van der Waals surface area contributed by atoms with Crippen LogP contribution in [0.3, 0.4) is 0 Å². The molecule has 0 aliphatic rings. The Morgan fingerprint density at radius 2 is 1.16 bits per heavy atom. The first kappa shape index (κ1) is 23.8. The Hall–Kier alpha value is -3.52. The molecular weight excluding hydrogens is 376 g/mol. The van der Waals surface area contributed by atoms with Crippen LogP contribution in [0.4, 0.5) is 0 Å². The topological polar surface area (TPSA) is 25.8 Å². The molecule has 0 fully saturated rings. The lowest BCUT2D eigenvalue weighted by Crippen LogP contribution is -1.89. The molecule has 31 heavy (non-hydrogen) atoms. The van der Waals surface area contributed by atoms with Crippen molar-refractivity contribution in [3.8, 4) is 22.5 Å². The zero-order valence-corrected chi connectivity index (χ0v) is 17.9. The molecule has 0 spiro atoms. The highest BCUT2D eigenvalue weighted by Gasteiger charge is 2.01. The Labute approximate surface area is 187 Å². The summed E-state index contributed by atoms with van der Waals surface area (Å²) in [5.41, 5.74) is 7.78. The number of benzene rings is 2. The largest absolute Gasteiger partial charge is 0.256 e. The lowest BCUT2D eigenvalue weighted by atomic mass is 10.0. The molecule has 0 radical (unpaired) electrons. The van der Waals surface area contributed by atoms with Crippen molar-refractivity contribution in [1.82, 2.24) is 9.97 Å². The van der Waals surface area contributed by atoms with E-state index >= 15 is 0 Å². The first-order valence-corrected chi connectivity index (χ1v) is 10.2. The van der Waals surface area contributed by atoms with E-state index in [4.69, 9.17) is 0 Å². The highest BCUT2D eigenvalue weighted by atomic mass is 14.7. The van der Waals surface area contributed by atoms with Crippen LogP contribution in [0, 0.1) is 0 Å². The minimum atomic E-state index is 0. The van der Waals surface area contributed by atoms with Crippen LogP contribution in [0.2, 0.25) is 0 Å². The van der Waals surface area contributed by atoms with Gasteiger partial charge in [-0.15, -0.1) is 0 Å². The second-order valence-electron chi connectivity index (χ2n) is 7.58.